The molecule has 1 aliphatic heterocycles. The molecule has 1 aliphatic rings. The van der Waals surface area contributed by atoms with Gasteiger partial charge in [0, 0.05) is 32.6 Å². The number of benzene rings is 1. The minimum Gasteiger partial charge on any atom is -0.494 e. The number of hydrogen-bond donors (Lipinski definition) is 0. The molecule has 0 bridgehead atoms. The molecule has 0 atom stereocenters. The Morgan fingerprint density at radius 1 is 1.07 bits per heavy atom. The van der Waals surface area contributed by atoms with Crippen molar-refractivity contribution in [2.75, 3.05) is 37.7 Å². The minimum atomic E-state index is -3.57. The molecule has 3 rings (SSSR count). The van der Waals surface area contributed by atoms with Crippen molar-refractivity contribution >= 4 is 16.0 Å². The lowest BCUT2D eigenvalue weighted by Crippen LogP contribution is -2.48. The van der Waals surface area contributed by atoms with Crippen molar-refractivity contribution in [3.63, 3.8) is 0 Å². The Bertz CT molecular complexity index is 902. The third kappa shape index (κ3) is 3.93. The molecule has 0 saturated carbocycles. The third-order valence-corrected chi connectivity index (χ3v) is 6.70. The highest BCUT2D eigenvalue weighted by Crippen LogP contribution is 2.29. The predicted molar refractivity (Wildman–Crippen MR) is 102 cm³/mol. The van der Waals surface area contributed by atoms with Crippen molar-refractivity contribution in [2.24, 2.45) is 0 Å². The zero-order valence-corrected chi connectivity index (χ0v) is 17.0. The molecular formula is C18H26N4O4S. The first-order chi connectivity index (χ1) is 12.9. The summed E-state index contributed by atoms with van der Waals surface area (Å²) in [6.07, 6.45) is 0.678. The van der Waals surface area contributed by atoms with E-state index in [1.807, 2.05) is 25.7 Å². The highest BCUT2D eigenvalue weighted by molar-refractivity contribution is 7.89. The fourth-order valence-corrected chi connectivity index (χ4v) is 4.84. The minimum absolute atomic E-state index is 0.336. The lowest BCUT2D eigenvalue weighted by atomic mass is 10.1. The van der Waals surface area contributed by atoms with Crippen LogP contribution in [0.15, 0.2) is 21.4 Å². The summed E-state index contributed by atoms with van der Waals surface area (Å²) in [5.41, 5.74) is 1.51. The molecule has 27 heavy (non-hydrogen) atoms. The smallest absolute Gasteiger partial charge is 0.318 e. The first-order valence-corrected chi connectivity index (χ1v) is 10.6. The lowest BCUT2D eigenvalue weighted by Gasteiger charge is -2.33. The van der Waals surface area contributed by atoms with E-state index < -0.39 is 10.0 Å². The van der Waals surface area contributed by atoms with E-state index in [1.54, 1.807) is 19.1 Å². The number of rotatable bonds is 6. The van der Waals surface area contributed by atoms with Crippen molar-refractivity contribution in [1.82, 2.24) is 14.5 Å². The van der Waals surface area contributed by atoms with Crippen molar-refractivity contribution < 1.29 is 17.6 Å². The Labute approximate surface area is 160 Å². The zero-order valence-electron chi connectivity index (χ0n) is 16.2. The zero-order chi connectivity index (χ0) is 19.6. The SMILES string of the molecule is CCOc1cc(C)c(S(=O)(=O)N2CCN(c3nnc(CC)o3)CC2)cc1C. The van der Waals surface area contributed by atoms with E-state index in [2.05, 4.69) is 10.2 Å². The second-order valence-electron chi connectivity index (χ2n) is 6.54. The maximum atomic E-state index is 13.1. The molecule has 148 valence electrons. The molecule has 0 unspecified atom stereocenters. The van der Waals surface area contributed by atoms with E-state index >= 15 is 0 Å². The Hall–Kier alpha value is -2.13. The molecule has 1 saturated heterocycles. The van der Waals surface area contributed by atoms with E-state index in [0.717, 1.165) is 11.3 Å². The van der Waals surface area contributed by atoms with E-state index in [-0.39, 0.29) is 0 Å². The van der Waals surface area contributed by atoms with Crippen LogP contribution in [0.2, 0.25) is 0 Å². The van der Waals surface area contributed by atoms with Crippen LogP contribution in [-0.2, 0) is 16.4 Å². The summed E-state index contributed by atoms with van der Waals surface area (Å²) in [6, 6.07) is 3.96. The second kappa shape index (κ2) is 7.85. The van der Waals surface area contributed by atoms with Crippen LogP contribution in [0.3, 0.4) is 0 Å². The highest BCUT2D eigenvalue weighted by atomic mass is 32.2. The number of nitrogens with zero attached hydrogens (tertiary/aromatic N) is 4. The second-order valence-corrected chi connectivity index (χ2v) is 8.45. The van der Waals surface area contributed by atoms with Gasteiger partial charge in [-0.15, -0.1) is 5.10 Å². The van der Waals surface area contributed by atoms with Crippen LogP contribution in [0, 0.1) is 13.8 Å². The summed E-state index contributed by atoms with van der Waals surface area (Å²) in [7, 11) is -3.57. The first-order valence-electron chi connectivity index (χ1n) is 9.18. The normalized spacial score (nSPS) is 15.9. The molecule has 2 heterocycles. The number of ether oxygens (including phenoxy) is 1. The molecule has 0 N–H and O–H groups in total. The van der Waals surface area contributed by atoms with E-state index in [9.17, 15) is 8.42 Å². The lowest BCUT2D eigenvalue weighted by molar-refractivity contribution is 0.337. The molecule has 1 aromatic heterocycles. The van der Waals surface area contributed by atoms with Gasteiger partial charge in [0.2, 0.25) is 15.9 Å². The largest absolute Gasteiger partial charge is 0.494 e. The molecule has 0 radical (unpaired) electrons. The number of aromatic nitrogens is 2. The van der Waals surface area contributed by atoms with E-state index in [0.29, 0.717) is 61.6 Å². The van der Waals surface area contributed by atoms with Crippen molar-refractivity contribution in [2.45, 2.75) is 39.0 Å². The van der Waals surface area contributed by atoms with Crippen molar-refractivity contribution in [3.8, 4) is 5.75 Å². The Morgan fingerprint density at radius 2 is 1.78 bits per heavy atom. The van der Waals surface area contributed by atoms with Gasteiger partial charge in [0.15, 0.2) is 0 Å². The predicted octanol–water partition coefficient (Wildman–Crippen LogP) is 2.16. The number of anilines is 1. The molecule has 0 spiro atoms. The molecule has 1 aromatic carbocycles. The Balaban J connectivity index is 1.76. The van der Waals surface area contributed by atoms with Crippen LogP contribution in [0.5, 0.6) is 5.75 Å². The molecule has 0 aliphatic carbocycles. The summed E-state index contributed by atoms with van der Waals surface area (Å²) in [5.74, 6) is 1.31. The number of hydrogen-bond acceptors (Lipinski definition) is 7. The Morgan fingerprint density at radius 3 is 2.37 bits per heavy atom. The number of piperazine rings is 1. The standard InChI is InChI=1S/C18H26N4O4S/c1-5-17-19-20-18(26-17)21-7-9-22(10-8-21)27(23,24)16-12-13(3)15(25-6-2)11-14(16)4/h11-12H,5-10H2,1-4H3. The summed E-state index contributed by atoms with van der Waals surface area (Å²) >= 11 is 0. The van der Waals surface area contributed by atoms with Gasteiger partial charge >= 0.3 is 6.01 Å². The third-order valence-electron chi connectivity index (χ3n) is 4.66. The van der Waals surface area contributed by atoms with E-state index in [4.69, 9.17) is 9.15 Å². The van der Waals surface area contributed by atoms with Crippen LogP contribution in [0.25, 0.3) is 0 Å². The maximum Gasteiger partial charge on any atom is 0.318 e. The monoisotopic (exact) mass is 394 g/mol. The maximum absolute atomic E-state index is 13.1. The number of aryl methyl sites for hydroxylation is 3. The summed E-state index contributed by atoms with van der Waals surface area (Å²) < 4.78 is 38.9. The van der Waals surface area contributed by atoms with Crippen LogP contribution < -0.4 is 9.64 Å². The van der Waals surface area contributed by atoms with Crippen LogP contribution in [0.4, 0.5) is 6.01 Å². The average Bonchev–Trinajstić information content (AvgIpc) is 3.14. The van der Waals surface area contributed by atoms with E-state index in [1.165, 1.54) is 4.31 Å². The topological polar surface area (TPSA) is 88.8 Å². The molecule has 1 fully saturated rings. The van der Waals surface area contributed by atoms with Crippen LogP contribution in [-0.4, -0.2) is 55.7 Å². The van der Waals surface area contributed by atoms with Gasteiger partial charge in [-0.3, -0.25) is 0 Å². The van der Waals surface area contributed by atoms with Crippen LogP contribution in [0.1, 0.15) is 30.9 Å². The van der Waals surface area contributed by atoms with Crippen molar-refractivity contribution in [3.05, 3.63) is 29.2 Å². The van der Waals surface area contributed by atoms with Crippen LogP contribution >= 0.6 is 0 Å². The van der Waals surface area contributed by atoms with Gasteiger partial charge in [0.1, 0.15) is 5.75 Å². The molecule has 2 aromatic rings. The summed E-state index contributed by atoms with van der Waals surface area (Å²) in [5, 5.41) is 8.00. The van der Waals surface area contributed by atoms with Crippen molar-refractivity contribution in [1.29, 1.82) is 0 Å². The fourth-order valence-electron chi connectivity index (χ4n) is 3.13. The molecule has 9 heteroatoms. The average molecular weight is 394 g/mol. The number of sulfonamides is 1. The van der Waals surface area contributed by atoms with Gasteiger partial charge in [-0.05, 0) is 44.0 Å². The first kappa shape index (κ1) is 19.6. The molecule has 0 amide bonds. The van der Waals surface area contributed by atoms with Gasteiger partial charge in [-0.2, -0.15) is 4.31 Å². The molecule has 8 nitrogen and oxygen atoms in total. The van der Waals surface area contributed by atoms with Gasteiger partial charge in [-0.25, -0.2) is 8.42 Å². The summed E-state index contributed by atoms with van der Waals surface area (Å²) in [4.78, 5) is 2.26. The van der Waals surface area contributed by atoms with Gasteiger partial charge < -0.3 is 14.1 Å². The fraction of sp³-hybridized carbons (Fsp3) is 0.556. The van der Waals surface area contributed by atoms with Gasteiger partial charge in [0.25, 0.3) is 0 Å². The quantitative estimate of drug-likeness (QED) is 0.742. The Kier molecular flexibility index (Phi) is 5.71. The van der Waals surface area contributed by atoms with Gasteiger partial charge in [-0.1, -0.05) is 12.0 Å². The summed E-state index contributed by atoms with van der Waals surface area (Å²) in [6.45, 7) is 9.84. The van der Waals surface area contributed by atoms with Gasteiger partial charge in [0.05, 0.1) is 11.5 Å². The molecular weight excluding hydrogens is 368 g/mol. The highest BCUT2D eigenvalue weighted by Gasteiger charge is 2.31.